The second kappa shape index (κ2) is 6.79. The maximum Gasteiger partial charge on any atom is 0.191 e. The Morgan fingerprint density at radius 3 is 3.05 bits per heavy atom. The molecule has 1 aliphatic heterocycles. The average Bonchev–Trinajstić information content (AvgIpc) is 2.65. The first-order valence-electron chi connectivity index (χ1n) is 6.79. The first kappa shape index (κ1) is 14.2. The van der Waals surface area contributed by atoms with Crippen LogP contribution in [0.4, 0.5) is 0 Å². The summed E-state index contributed by atoms with van der Waals surface area (Å²) < 4.78 is 2.23. The van der Waals surface area contributed by atoms with Gasteiger partial charge in [-0.1, -0.05) is 30.3 Å². The van der Waals surface area contributed by atoms with E-state index in [2.05, 4.69) is 26.8 Å². The van der Waals surface area contributed by atoms with Crippen molar-refractivity contribution < 1.29 is 5.21 Å². The monoisotopic (exact) mass is 283 g/mol. The Labute approximate surface area is 117 Å². The van der Waals surface area contributed by atoms with Crippen LogP contribution < -0.4 is 5.73 Å². The van der Waals surface area contributed by atoms with Gasteiger partial charge in [-0.25, -0.2) is 0 Å². The minimum absolute atomic E-state index is 0.271. The van der Waals surface area contributed by atoms with Crippen molar-refractivity contribution in [2.45, 2.75) is 62.4 Å². The van der Waals surface area contributed by atoms with E-state index in [1.54, 1.807) is 11.8 Å². The molecule has 106 valence electrons. The number of oxime groups is 1. The Balaban J connectivity index is 2.07. The predicted molar refractivity (Wildman–Crippen MR) is 75.5 cm³/mol. The highest BCUT2D eigenvalue weighted by atomic mass is 32.2. The van der Waals surface area contributed by atoms with E-state index in [4.69, 9.17) is 10.9 Å². The molecule has 0 aromatic carbocycles. The van der Waals surface area contributed by atoms with Crippen LogP contribution in [0.2, 0.25) is 0 Å². The normalized spacial score (nSPS) is 17.8. The van der Waals surface area contributed by atoms with Crippen LogP contribution in [-0.2, 0) is 13.0 Å². The summed E-state index contributed by atoms with van der Waals surface area (Å²) in [6.07, 6.45) is 6.18. The van der Waals surface area contributed by atoms with Crippen LogP contribution in [0.3, 0.4) is 0 Å². The molecule has 0 aliphatic carbocycles. The molecule has 0 saturated carbocycles. The van der Waals surface area contributed by atoms with Crippen molar-refractivity contribution in [2.24, 2.45) is 10.9 Å². The number of nitrogens with two attached hydrogens (primary N) is 1. The molecule has 1 aliphatic rings. The first-order valence-corrected chi connectivity index (χ1v) is 7.67. The van der Waals surface area contributed by atoms with E-state index in [9.17, 15) is 0 Å². The van der Waals surface area contributed by atoms with E-state index in [1.807, 2.05) is 0 Å². The predicted octanol–water partition coefficient (Wildman–Crippen LogP) is 2.01. The minimum Gasteiger partial charge on any atom is -0.409 e. The Morgan fingerprint density at radius 1 is 1.47 bits per heavy atom. The fourth-order valence-electron chi connectivity index (χ4n) is 2.24. The van der Waals surface area contributed by atoms with Gasteiger partial charge in [-0.15, -0.1) is 10.2 Å². The third-order valence-corrected chi connectivity index (χ3v) is 4.71. The number of fused-ring (bicyclic) bond motifs is 1. The minimum atomic E-state index is 0.271. The number of rotatable bonds is 5. The molecular formula is C12H21N5OS. The smallest absolute Gasteiger partial charge is 0.191 e. The van der Waals surface area contributed by atoms with Crippen LogP contribution in [0.1, 0.15) is 44.9 Å². The summed E-state index contributed by atoms with van der Waals surface area (Å²) in [5.74, 6) is 1.37. The number of aryl methyl sites for hydroxylation is 1. The fraction of sp³-hybridized carbons (Fsp3) is 0.750. The van der Waals surface area contributed by atoms with E-state index in [-0.39, 0.29) is 11.1 Å². The molecule has 3 N–H and O–H groups in total. The van der Waals surface area contributed by atoms with Gasteiger partial charge in [0.2, 0.25) is 0 Å². The van der Waals surface area contributed by atoms with E-state index in [0.717, 1.165) is 30.4 Å². The van der Waals surface area contributed by atoms with Crippen LogP contribution in [0, 0.1) is 0 Å². The van der Waals surface area contributed by atoms with Crippen LogP contribution in [-0.4, -0.2) is 31.1 Å². The van der Waals surface area contributed by atoms with Crippen LogP contribution in [0.5, 0.6) is 0 Å². The fourth-order valence-corrected chi connectivity index (χ4v) is 3.37. The molecule has 19 heavy (non-hydrogen) atoms. The Bertz CT molecular complexity index is 445. The Kier molecular flexibility index (Phi) is 5.07. The van der Waals surface area contributed by atoms with Gasteiger partial charge in [0.05, 0.1) is 0 Å². The van der Waals surface area contributed by atoms with E-state index in [0.29, 0.717) is 6.42 Å². The van der Waals surface area contributed by atoms with Gasteiger partial charge < -0.3 is 15.5 Å². The van der Waals surface area contributed by atoms with Crippen LogP contribution in [0.25, 0.3) is 0 Å². The quantitative estimate of drug-likeness (QED) is 0.284. The maximum absolute atomic E-state index is 8.66. The molecule has 1 aromatic heterocycles. The van der Waals surface area contributed by atoms with Crippen molar-refractivity contribution in [1.82, 2.24) is 14.8 Å². The van der Waals surface area contributed by atoms with Gasteiger partial charge in [0.1, 0.15) is 11.7 Å². The van der Waals surface area contributed by atoms with Gasteiger partial charge in [0, 0.05) is 24.6 Å². The lowest BCUT2D eigenvalue weighted by atomic mass is 10.2. The van der Waals surface area contributed by atoms with Crippen molar-refractivity contribution in [1.29, 1.82) is 0 Å². The summed E-state index contributed by atoms with van der Waals surface area (Å²) in [6.45, 7) is 3.10. The summed E-state index contributed by atoms with van der Waals surface area (Å²) in [4.78, 5) is 0. The Morgan fingerprint density at radius 2 is 2.32 bits per heavy atom. The summed E-state index contributed by atoms with van der Waals surface area (Å²) in [5, 5.41) is 21.5. The van der Waals surface area contributed by atoms with Crippen molar-refractivity contribution >= 4 is 17.6 Å². The van der Waals surface area contributed by atoms with E-state index in [1.165, 1.54) is 19.3 Å². The number of amidine groups is 1. The number of hydrogen-bond donors (Lipinski definition) is 2. The number of aromatic nitrogens is 3. The standard InChI is InChI=1S/C12H21N5OS/c1-2-9(8-10(13)16-18)19-12-15-14-11-6-4-3-5-7-17(11)12/h9,18H,2-8H2,1H3,(H2,13,16). The van der Waals surface area contributed by atoms with Crippen molar-refractivity contribution in [3.05, 3.63) is 5.82 Å². The highest BCUT2D eigenvalue weighted by Gasteiger charge is 2.19. The summed E-state index contributed by atoms with van der Waals surface area (Å²) in [5.41, 5.74) is 5.59. The van der Waals surface area contributed by atoms with Crippen LogP contribution in [0.15, 0.2) is 10.3 Å². The molecule has 1 atom stereocenters. The van der Waals surface area contributed by atoms with Gasteiger partial charge in [0.25, 0.3) is 0 Å². The summed E-state index contributed by atoms with van der Waals surface area (Å²) in [7, 11) is 0. The third kappa shape index (κ3) is 3.62. The molecule has 0 amide bonds. The average molecular weight is 283 g/mol. The second-order valence-electron chi connectivity index (χ2n) is 4.80. The molecule has 2 heterocycles. The topological polar surface area (TPSA) is 89.3 Å². The van der Waals surface area contributed by atoms with E-state index < -0.39 is 0 Å². The molecule has 0 spiro atoms. The maximum atomic E-state index is 8.66. The van der Waals surface area contributed by atoms with Gasteiger partial charge in [-0.2, -0.15) is 0 Å². The van der Waals surface area contributed by atoms with Gasteiger partial charge in [0.15, 0.2) is 5.16 Å². The molecule has 7 heteroatoms. The molecule has 0 bridgehead atoms. The zero-order valence-electron chi connectivity index (χ0n) is 11.2. The molecule has 2 rings (SSSR count). The highest BCUT2D eigenvalue weighted by molar-refractivity contribution is 7.99. The molecule has 1 unspecified atom stereocenters. The number of nitrogens with zero attached hydrogens (tertiary/aromatic N) is 4. The third-order valence-electron chi connectivity index (χ3n) is 3.37. The van der Waals surface area contributed by atoms with Crippen molar-refractivity contribution in [3.8, 4) is 0 Å². The SMILES string of the molecule is CCC(C/C(N)=N/O)Sc1nnc2n1CCCCC2. The zero-order valence-corrected chi connectivity index (χ0v) is 12.1. The molecule has 0 fully saturated rings. The van der Waals surface area contributed by atoms with Gasteiger partial charge >= 0.3 is 0 Å². The number of thioether (sulfide) groups is 1. The van der Waals surface area contributed by atoms with E-state index >= 15 is 0 Å². The summed E-state index contributed by atoms with van der Waals surface area (Å²) >= 11 is 1.68. The highest BCUT2D eigenvalue weighted by Crippen LogP contribution is 2.28. The lowest BCUT2D eigenvalue weighted by Gasteiger charge is -2.13. The zero-order chi connectivity index (χ0) is 13.7. The summed E-state index contributed by atoms with van der Waals surface area (Å²) in [6, 6.07) is 0. The Hall–Kier alpha value is -1.24. The van der Waals surface area contributed by atoms with Gasteiger partial charge in [-0.05, 0) is 19.3 Å². The van der Waals surface area contributed by atoms with Crippen molar-refractivity contribution in [2.75, 3.05) is 0 Å². The second-order valence-corrected chi connectivity index (χ2v) is 6.07. The number of hydrogen-bond acceptors (Lipinski definition) is 5. The molecular weight excluding hydrogens is 262 g/mol. The largest absolute Gasteiger partial charge is 0.409 e. The van der Waals surface area contributed by atoms with Gasteiger partial charge in [-0.3, -0.25) is 0 Å². The molecule has 0 saturated heterocycles. The lowest BCUT2D eigenvalue weighted by Crippen LogP contribution is -2.18. The molecule has 6 nitrogen and oxygen atoms in total. The lowest BCUT2D eigenvalue weighted by molar-refractivity contribution is 0.316. The van der Waals surface area contributed by atoms with Crippen LogP contribution >= 0.6 is 11.8 Å². The molecule has 0 radical (unpaired) electrons. The molecule has 1 aromatic rings. The van der Waals surface area contributed by atoms with Crippen molar-refractivity contribution in [3.63, 3.8) is 0 Å². The first-order chi connectivity index (χ1) is 9.24.